The number of likely N-dealkylation sites (N-methyl/N-ethyl adjacent to an activating group) is 1. The standard InChI is InChI=1S/C24H22FN3OS3.ClH/c1-28-12-10-17-20(14-28)32-24(22(17)23-26-18-4-2-3-5-19(18)31-23)27-21(29)11-13-30-16-8-6-15(25)7-9-16;/h2-9H,10-14H2,1H3,(H,27,29);1H. The van der Waals surface area contributed by atoms with Crippen molar-refractivity contribution in [1.82, 2.24) is 9.88 Å². The van der Waals surface area contributed by atoms with E-state index >= 15 is 0 Å². The number of thiazole rings is 1. The minimum absolute atomic E-state index is 0. The Balaban J connectivity index is 0.00000259. The Kier molecular flexibility index (Phi) is 7.71. The molecule has 1 N–H and O–H groups in total. The number of thioether (sulfide) groups is 1. The largest absolute Gasteiger partial charge is 0.317 e. The molecule has 1 aliphatic heterocycles. The number of hydrogen-bond acceptors (Lipinski definition) is 6. The predicted molar refractivity (Wildman–Crippen MR) is 141 cm³/mol. The van der Waals surface area contributed by atoms with Crippen LogP contribution in [0.3, 0.4) is 0 Å². The van der Waals surface area contributed by atoms with Crippen molar-refractivity contribution in [1.29, 1.82) is 0 Å². The van der Waals surface area contributed by atoms with Gasteiger partial charge in [0.05, 0.1) is 10.2 Å². The van der Waals surface area contributed by atoms with Crippen LogP contribution in [0, 0.1) is 5.82 Å². The van der Waals surface area contributed by atoms with Crippen molar-refractivity contribution >= 4 is 68.0 Å². The van der Waals surface area contributed by atoms with Gasteiger partial charge in [0.25, 0.3) is 0 Å². The van der Waals surface area contributed by atoms with Crippen molar-refractivity contribution < 1.29 is 9.18 Å². The number of nitrogens with one attached hydrogen (secondary N) is 1. The van der Waals surface area contributed by atoms with E-state index in [4.69, 9.17) is 4.98 Å². The summed E-state index contributed by atoms with van der Waals surface area (Å²) in [4.78, 5) is 22.3. The lowest BCUT2D eigenvalue weighted by molar-refractivity contribution is -0.115. The molecule has 0 spiro atoms. The molecule has 0 radical (unpaired) electrons. The molecule has 0 atom stereocenters. The molecule has 9 heteroatoms. The zero-order chi connectivity index (χ0) is 22.1. The van der Waals surface area contributed by atoms with E-state index in [0.717, 1.165) is 50.2 Å². The van der Waals surface area contributed by atoms with Gasteiger partial charge in [0.2, 0.25) is 5.91 Å². The fraction of sp³-hybridized carbons (Fsp3) is 0.250. The number of para-hydroxylation sites is 1. The second-order valence-corrected chi connectivity index (χ2v) is 11.1. The van der Waals surface area contributed by atoms with Gasteiger partial charge in [-0.2, -0.15) is 0 Å². The van der Waals surface area contributed by atoms with Crippen molar-refractivity contribution in [3.05, 3.63) is 64.8 Å². The zero-order valence-electron chi connectivity index (χ0n) is 18.0. The van der Waals surface area contributed by atoms with Crippen LogP contribution in [-0.2, 0) is 17.8 Å². The van der Waals surface area contributed by atoms with Gasteiger partial charge in [-0.25, -0.2) is 9.37 Å². The van der Waals surface area contributed by atoms with Crippen molar-refractivity contribution in [2.24, 2.45) is 0 Å². The number of amides is 1. The molecule has 0 aliphatic carbocycles. The van der Waals surface area contributed by atoms with Gasteiger partial charge in [-0.05, 0) is 55.4 Å². The maximum Gasteiger partial charge on any atom is 0.225 e. The topological polar surface area (TPSA) is 45.2 Å². The molecule has 1 amide bonds. The number of carbonyl (C=O) groups excluding carboxylic acids is 1. The van der Waals surface area contributed by atoms with Gasteiger partial charge in [-0.1, -0.05) is 12.1 Å². The minimum Gasteiger partial charge on any atom is -0.317 e. The van der Waals surface area contributed by atoms with Gasteiger partial charge in [0.15, 0.2) is 0 Å². The van der Waals surface area contributed by atoms with Crippen molar-refractivity contribution in [3.63, 3.8) is 0 Å². The second kappa shape index (κ2) is 10.5. The molecule has 172 valence electrons. The number of halogens is 2. The highest BCUT2D eigenvalue weighted by atomic mass is 35.5. The third kappa shape index (κ3) is 5.41. The molecule has 0 saturated heterocycles. The van der Waals surface area contributed by atoms with E-state index in [1.165, 1.54) is 22.6 Å². The second-order valence-electron chi connectivity index (χ2n) is 7.78. The van der Waals surface area contributed by atoms with Gasteiger partial charge >= 0.3 is 0 Å². The molecule has 0 unspecified atom stereocenters. The molecule has 2 aromatic carbocycles. The number of hydrogen-bond donors (Lipinski definition) is 1. The first-order chi connectivity index (χ1) is 15.6. The van der Waals surface area contributed by atoms with E-state index in [1.807, 2.05) is 18.2 Å². The Bertz CT molecular complexity index is 1240. The normalized spacial score (nSPS) is 13.5. The molecular formula is C24H23ClFN3OS3. The summed E-state index contributed by atoms with van der Waals surface area (Å²) < 4.78 is 14.2. The van der Waals surface area contributed by atoms with E-state index in [9.17, 15) is 9.18 Å². The Hall–Kier alpha value is -1.97. The van der Waals surface area contributed by atoms with Gasteiger partial charge in [0.1, 0.15) is 15.8 Å². The molecule has 1 aliphatic rings. The average Bonchev–Trinajstić information content (AvgIpc) is 3.35. The van der Waals surface area contributed by atoms with E-state index < -0.39 is 0 Å². The summed E-state index contributed by atoms with van der Waals surface area (Å²) in [7, 11) is 2.13. The fourth-order valence-corrected chi connectivity index (χ4v) is 7.11. The van der Waals surface area contributed by atoms with Gasteiger partial charge < -0.3 is 10.2 Å². The van der Waals surface area contributed by atoms with Crippen LogP contribution >= 0.6 is 46.8 Å². The lowest BCUT2D eigenvalue weighted by Gasteiger charge is -2.22. The number of carbonyl (C=O) groups is 1. The van der Waals surface area contributed by atoms with E-state index in [0.29, 0.717) is 12.2 Å². The van der Waals surface area contributed by atoms with Crippen molar-refractivity contribution in [2.45, 2.75) is 24.3 Å². The quantitative estimate of drug-likeness (QED) is 0.288. The molecule has 33 heavy (non-hydrogen) atoms. The molecule has 0 bridgehead atoms. The zero-order valence-corrected chi connectivity index (χ0v) is 21.2. The number of benzene rings is 2. The van der Waals surface area contributed by atoms with Gasteiger partial charge in [0, 0.05) is 40.6 Å². The van der Waals surface area contributed by atoms with Crippen LogP contribution in [0.25, 0.3) is 20.8 Å². The maximum absolute atomic E-state index is 13.1. The molecular weight excluding hydrogens is 497 g/mol. The third-order valence-electron chi connectivity index (χ3n) is 5.42. The molecule has 0 fully saturated rings. The molecule has 3 heterocycles. The summed E-state index contributed by atoms with van der Waals surface area (Å²) in [6, 6.07) is 14.5. The summed E-state index contributed by atoms with van der Waals surface area (Å²) in [6.07, 6.45) is 1.35. The highest BCUT2D eigenvalue weighted by Gasteiger charge is 2.26. The number of nitrogens with zero attached hydrogens (tertiary/aromatic N) is 2. The highest BCUT2D eigenvalue weighted by molar-refractivity contribution is 7.99. The van der Waals surface area contributed by atoms with Gasteiger partial charge in [-0.15, -0.1) is 46.8 Å². The summed E-state index contributed by atoms with van der Waals surface area (Å²) in [6.45, 7) is 1.90. The average molecular weight is 520 g/mol. The third-order valence-corrected chi connectivity index (χ3v) is 8.62. The molecule has 5 rings (SSSR count). The smallest absolute Gasteiger partial charge is 0.225 e. The molecule has 4 nitrogen and oxygen atoms in total. The summed E-state index contributed by atoms with van der Waals surface area (Å²) in [5.74, 6) is 0.387. The van der Waals surface area contributed by atoms with Crippen molar-refractivity contribution in [3.8, 4) is 10.6 Å². The van der Waals surface area contributed by atoms with Crippen LogP contribution < -0.4 is 5.32 Å². The Morgan fingerprint density at radius 1 is 1.18 bits per heavy atom. The number of thiophene rings is 1. The Labute approximate surface area is 210 Å². The van der Waals surface area contributed by atoms with Crippen LogP contribution in [0.4, 0.5) is 9.39 Å². The van der Waals surface area contributed by atoms with Gasteiger partial charge in [-0.3, -0.25) is 4.79 Å². The lowest BCUT2D eigenvalue weighted by atomic mass is 10.0. The first-order valence-electron chi connectivity index (χ1n) is 10.4. The molecule has 4 aromatic rings. The van der Waals surface area contributed by atoms with Crippen LogP contribution in [-0.4, -0.2) is 35.1 Å². The van der Waals surface area contributed by atoms with Crippen LogP contribution in [0.15, 0.2) is 53.4 Å². The number of fused-ring (bicyclic) bond motifs is 2. The monoisotopic (exact) mass is 519 g/mol. The Morgan fingerprint density at radius 3 is 2.76 bits per heavy atom. The number of aromatic nitrogens is 1. The fourth-order valence-electron chi connectivity index (χ4n) is 3.81. The van der Waals surface area contributed by atoms with Crippen LogP contribution in [0.1, 0.15) is 16.9 Å². The number of rotatable bonds is 6. The maximum atomic E-state index is 13.1. The molecule has 0 saturated carbocycles. The highest BCUT2D eigenvalue weighted by Crippen LogP contribution is 2.45. The number of anilines is 1. The van der Waals surface area contributed by atoms with Crippen LogP contribution in [0.2, 0.25) is 0 Å². The first-order valence-corrected chi connectivity index (χ1v) is 13.1. The lowest BCUT2D eigenvalue weighted by Crippen LogP contribution is -2.25. The van der Waals surface area contributed by atoms with E-state index in [2.05, 4.69) is 23.3 Å². The van der Waals surface area contributed by atoms with E-state index in [1.54, 1.807) is 46.6 Å². The van der Waals surface area contributed by atoms with Crippen molar-refractivity contribution in [2.75, 3.05) is 24.7 Å². The first kappa shape index (κ1) is 24.2. The molecule has 2 aromatic heterocycles. The predicted octanol–water partition coefficient (Wildman–Crippen LogP) is 6.69. The van der Waals surface area contributed by atoms with E-state index in [-0.39, 0.29) is 24.1 Å². The summed E-state index contributed by atoms with van der Waals surface area (Å²) >= 11 is 4.92. The summed E-state index contributed by atoms with van der Waals surface area (Å²) in [5.41, 5.74) is 3.41. The summed E-state index contributed by atoms with van der Waals surface area (Å²) in [5, 5.41) is 5.06. The Morgan fingerprint density at radius 2 is 1.97 bits per heavy atom. The SMILES string of the molecule is CN1CCc2c(sc(NC(=O)CCSc3ccc(F)cc3)c2-c2nc3ccccc3s2)C1.Cl. The van der Waals surface area contributed by atoms with Crippen LogP contribution in [0.5, 0.6) is 0 Å². The minimum atomic E-state index is -0.248.